The first-order chi connectivity index (χ1) is 9.20. The number of hydrogen-bond donors (Lipinski definition) is 1. The van der Waals surface area contributed by atoms with Crippen molar-refractivity contribution in [3.8, 4) is 0 Å². The molecule has 0 saturated carbocycles. The van der Waals surface area contributed by atoms with Gasteiger partial charge in [0.2, 0.25) is 0 Å². The van der Waals surface area contributed by atoms with E-state index < -0.39 is 0 Å². The fraction of sp³-hybridized carbons (Fsp3) is 0.333. The largest absolute Gasteiger partial charge is 0.456 e. The van der Waals surface area contributed by atoms with Crippen LogP contribution in [0.2, 0.25) is 5.02 Å². The number of furan rings is 1. The first-order valence-electron chi connectivity index (χ1n) is 6.39. The minimum Gasteiger partial charge on any atom is -0.456 e. The minimum absolute atomic E-state index is 0. The van der Waals surface area contributed by atoms with Gasteiger partial charge in [-0.3, -0.25) is 0 Å². The Bertz CT molecular complexity index is 649. The second kappa shape index (κ2) is 6.19. The first-order valence-corrected chi connectivity index (χ1v) is 6.77. The Hall–Kier alpha value is -1.00. The Balaban J connectivity index is 0.00000147. The smallest absolute Gasteiger partial charge is 0.135 e. The molecule has 2 heterocycles. The van der Waals surface area contributed by atoms with Gasteiger partial charge in [-0.05, 0) is 37.2 Å². The van der Waals surface area contributed by atoms with Gasteiger partial charge in [-0.1, -0.05) is 17.7 Å². The lowest BCUT2D eigenvalue weighted by Gasteiger charge is -2.12. The Morgan fingerprint density at radius 2 is 2.20 bits per heavy atom. The highest BCUT2D eigenvalue weighted by molar-refractivity contribution is 6.32. The van der Waals surface area contributed by atoms with E-state index in [0.717, 1.165) is 46.8 Å². The van der Waals surface area contributed by atoms with Crippen molar-refractivity contribution in [2.24, 2.45) is 0 Å². The third-order valence-corrected chi connectivity index (χ3v) is 3.94. The molecule has 0 spiro atoms. The van der Waals surface area contributed by atoms with Crippen LogP contribution in [0.5, 0.6) is 0 Å². The highest BCUT2D eigenvalue weighted by Crippen LogP contribution is 2.36. The topological polar surface area (TPSA) is 36.6 Å². The molecular weight excluding hydrogens is 297 g/mol. The number of likely N-dealkylation sites (N-methyl/N-ethyl adjacent to an activating group) is 1. The zero-order chi connectivity index (χ0) is 13.4. The molecule has 3 rings (SSSR count). The number of nitrogens with zero attached hydrogens (tertiary/aromatic N) is 1. The van der Waals surface area contributed by atoms with Crippen LogP contribution < -0.4 is 0 Å². The summed E-state index contributed by atoms with van der Waals surface area (Å²) >= 11 is 6.32. The highest BCUT2D eigenvalue weighted by atomic mass is 35.5. The molecule has 0 radical (unpaired) electrons. The quantitative estimate of drug-likeness (QED) is 0.922. The first kappa shape index (κ1) is 15.4. The average molecular weight is 314 g/mol. The number of aliphatic hydroxyl groups excluding tert-OH is 1. The zero-order valence-corrected chi connectivity index (χ0v) is 12.8. The maximum atomic E-state index is 8.93. The number of benzene rings is 1. The maximum absolute atomic E-state index is 8.93. The number of hydrogen-bond acceptors (Lipinski definition) is 3. The third kappa shape index (κ3) is 2.59. The van der Waals surface area contributed by atoms with E-state index in [4.69, 9.17) is 21.1 Å². The van der Waals surface area contributed by atoms with E-state index in [0.29, 0.717) is 0 Å². The summed E-state index contributed by atoms with van der Waals surface area (Å²) in [4.78, 5) is 2.26. The van der Waals surface area contributed by atoms with Gasteiger partial charge in [0.15, 0.2) is 0 Å². The molecule has 0 fully saturated rings. The molecule has 0 aliphatic carbocycles. The SMILES string of the molecule is CN1CCc2c(Cl)ccc3oc(/C=C/CO)c(c23)C1.Cl. The molecule has 1 aromatic carbocycles. The lowest BCUT2D eigenvalue weighted by Crippen LogP contribution is -2.18. The summed E-state index contributed by atoms with van der Waals surface area (Å²) in [6.07, 6.45) is 4.47. The molecule has 0 amide bonds. The molecule has 1 N–H and O–H groups in total. The average Bonchev–Trinajstić information content (AvgIpc) is 2.62. The molecule has 2 aromatic rings. The van der Waals surface area contributed by atoms with Crippen LogP contribution in [0.1, 0.15) is 16.9 Å². The predicted molar refractivity (Wildman–Crippen MR) is 84.6 cm³/mol. The molecular formula is C15H17Cl2NO2. The van der Waals surface area contributed by atoms with Crippen molar-refractivity contribution < 1.29 is 9.52 Å². The van der Waals surface area contributed by atoms with Gasteiger partial charge in [0, 0.05) is 29.1 Å². The van der Waals surface area contributed by atoms with Crippen molar-refractivity contribution in [1.29, 1.82) is 0 Å². The van der Waals surface area contributed by atoms with E-state index in [1.807, 2.05) is 18.2 Å². The third-order valence-electron chi connectivity index (χ3n) is 3.58. The van der Waals surface area contributed by atoms with Crippen LogP contribution in [0, 0.1) is 0 Å². The Morgan fingerprint density at radius 1 is 1.40 bits per heavy atom. The van der Waals surface area contributed by atoms with Gasteiger partial charge < -0.3 is 14.4 Å². The molecule has 1 aliphatic heterocycles. The zero-order valence-electron chi connectivity index (χ0n) is 11.2. The molecule has 3 nitrogen and oxygen atoms in total. The monoisotopic (exact) mass is 313 g/mol. The van der Waals surface area contributed by atoms with Gasteiger partial charge in [0.25, 0.3) is 0 Å². The number of rotatable bonds is 2. The van der Waals surface area contributed by atoms with Gasteiger partial charge in [0.1, 0.15) is 11.3 Å². The summed E-state index contributed by atoms with van der Waals surface area (Å²) in [5.41, 5.74) is 3.21. The van der Waals surface area contributed by atoms with Gasteiger partial charge in [0.05, 0.1) is 6.61 Å². The van der Waals surface area contributed by atoms with E-state index in [1.165, 1.54) is 5.56 Å². The van der Waals surface area contributed by atoms with E-state index >= 15 is 0 Å². The molecule has 0 saturated heterocycles. The lowest BCUT2D eigenvalue weighted by molar-refractivity contribution is 0.334. The van der Waals surface area contributed by atoms with Crippen molar-refractivity contribution >= 4 is 41.1 Å². The van der Waals surface area contributed by atoms with Crippen LogP contribution in [0.3, 0.4) is 0 Å². The predicted octanol–water partition coefficient (Wildman–Crippen LogP) is 3.50. The van der Waals surface area contributed by atoms with Crippen LogP contribution in [0.25, 0.3) is 17.0 Å². The molecule has 1 aromatic heterocycles. The highest BCUT2D eigenvalue weighted by Gasteiger charge is 2.22. The van der Waals surface area contributed by atoms with Crippen LogP contribution in [0.15, 0.2) is 22.6 Å². The van der Waals surface area contributed by atoms with E-state index in [9.17, 15) is 0 Å². The van der Waals surface area contributed by atoms with Crippen LogP contribution in [0.4, 0.5) is 0 Å². The van der Waals surface area contributed by atoms with E-state index in [2.05, 4.69) is 11.9 Å². The van der Waals surface area contributed by atoms with Gasteiger partial charge in [-0.25, -0.2) is 0 Å². The van der Waals surface area contributed by atoms with Crippen LogP contribution in [-0.4, -0.2) is 30.2 Å². The van der Waals surface area contributed by atoms with Crippen molar-refractivity contribution in [1.82, 2.24) is 4.90 Å². The minimum atomic E-state index is 0. The van der Waals surface area contributed by atoms with Gasteiger partial charge in [-0.15, -0.1) is 12.4 Å². The number of halogens is 2. The summed E-state index contributed by atoms with van der Waals surface area (Å²) in [6.45, 7) is 1.84. The fourth-order valence-electron chi connectivity index (χ4n) is 2.67. The summed E-state index contributed by atoms with van der Waals surface area (Å²) in [6, 6.07) is 3.82. The molecule has 108 valence electrons. The van der Waals surface area contributed by atoms with Crippen molar-refractivity contribution in [3.63, 3.8) is 0 Å². The maximum Gasteiger partial charge on any atom is 0.135 e. The van der Waals surface area contributed by atoms with Gasteiger partial charge >= 0.3 is 0 Å². The Labute approximate surface area is 129 Å². The van der Waals surface area contributed by atoms with Gasteiger partial charge in [-0.2, -0.15) is 0 Å². The molecule has 0 atom stereocenters. The molecule has 20 heavy (non-hydrogen) atoms. The summed E-state index contributed by atoms with van der Waals surface area (Å²) in [7, 11) is 2.10. The Kier molecular flexibility index (Phi) is 4.76. The summed E-state index contributed by atoms with van der Waals surface area (Å²) < 4.78 is 5.89. The number of aliphatic hydroxyl groups is 1. The van der Waals surface area contributed by atoms with Crippen molar-refractivity contribution in [3.05, 3.63) is 40.1 Å². The van der Waals surface area contributed by atoms with Crippen molar-refractivity contribution in [2.45, 2.75) is 13.0 Å². The molecule has 0 bridgehead atoms. The van der Waals surface area contributed by atoms with E-state index in [-0.39, 0.29) is 19.0 Å². The Morgan fingerprint density at radius 3 is 2.95 bits per heavy atom. The fourth-order valence-corrected chi connectivity index (χ4v) is 2.92. The standard InChI is InChI=1S/C15H16ClNO2.ClH/c1-17-7-6-10-12(16)4-5-14-15(10)11(9-17)13(19-14)3-2-8-18;/h2-5,18H,6-9H2,1H3;1H/b3-2+;. The second-order valence-corrected chi connectivity index (χ2v) is 5.32. The second-order valence-electron chi connectivity index (χ2n) is 4.92. The van der Waals surface area contributed by atoms with Crippen molar-refractivity contribution in [2.75, 3.05) is 20.2 Å². The van der Waals surface area contributed by atoms with Crippen LogP contribution >= 0.6 is 24.0 Å². The molecule has 5 heteroatoms. The normalized spacial score (nSPS) is 15.6. The summed E-state index contributed by atoms with van der Waals surface area (Å²) in [5, 5.41) is 10.9. The molecule has 1 aliphatic rings. The summed E-state index contributed by atoms with van der Waals surface area (Å²) in [5.74, 6) is 0.821. The molecule has 0 unspecified atom stereocenters. The van der Waals surface area contributed by atoms with Crippen LogP contribution in [-0.2, 0) is 13.0 Å². The lowest BCUT2D eigenvalue weighted by atomic mass is 10.0. The van der Waals surface area contributed by atoms with E-state index in [1.54, 1.807) is 6.08 Å².